The van der Waals surface area contributed by atoms with E-state index in [9.17, 15) is 4.79 Å². The van der Waals surface area contributed by atoms with Gasteiger partial charge in [0.25, 0.3) is 5.91 Å². The molecule has 0 saturated carbocycles. The third-order valence-corrected chi connectivity index (χ3v) is 4.39. The van der Waals surface area contributed by atoms with Crippen LogP contribution in [-0.4, -0.2) is 12.5 Å². The lowest BCUT2D eigenvalue weighted by Gasteiger charge is -2.02. The molecule has 2 heterocycles. The maximum Gasteiger partial charge on any atom is 0.256 e. The Labute approximate surface area is 127 Å². The van der Waals surface area contributed by atoms with E-state index in [2.05, 4.69) is 5.32 Å². The second-order valence-electron chi connectivity index (χ2n) is 4.96. The van der Waals surface area contributed by atoms with Crippen LogP contribution in [0, 0.1) is 6.92 Å². The number of nitrogens with one attached hydrogen (secondary N) is 1. The second kappa shape index (κ2) is 5.74. The first kappa shape index (κ1) is 13.9. The SMILES string of the molecule is CCCNC(=O)c1c(C)sc2cc(-c3ccccc3)oc12. The van der Waals surface area contributed by atoms with Crippen molar-refractivity contribution in [2.75, 3.05) is 6.54 Å². The Morgan fingerprint density at radius 1 is 1.29 bits per heavy atom. The highest BCUT2D eigenvalue weighted by molar-refractivity contribution is 7.19. The first-order chi connectivity index (χ1) is 10.2. The van der Waals surface area contributed by atoms with Crippen molar-refractivity contribution in [2.24, 2.45) is 0 Å². The van der Waals surface area contributed by atoms with Gasteiger partial charge in [-0.1, -0.05) is 37.3 Å². The normalized spacial score (nSPS) is 11.0. The number of rotatable bonds is 4. The Bertz CT molecular complexity index is 771. The van der Waals surface area contributed by atoms with Crippen LogP contribution in [0.2, 0.25) is 0 Å². The summed E-state index contributed by atoms with van der Waals surface area (Å²) in [5.41, 5.74) is 2.40. The number of carbonyl (C=O) groups is 1. The van der Waals surface area contributed by atoms with Gasteiger partial charge in [0, 0.05) is 23.1 Å². The van der Waals surface area contributed by atoms with Crippen molar-refractivity contribution in [3.05, 3.63) is 46.8 Å². The highest BCUT2D eigenvalue weighted by Gasteiger charge is 2.20. The predicted octanol–water partition coefficient (Wildman–Crippen LogP) is 4.61. The number of furan rings is 1. The number of aryl methyl sites for hydroxylation is 1. The fourth-order valence-electron chi connectivity index (χ4n) is 2.33. The second-order valence-corrected chi connectivity index (χ2v) is 6.22. The maximum absolute atomic E-state index is 12.3. The maximum atomic E-state index is 12.3. The van der Waals surface area contributed by atoms with Crippen LogP contribution in [0.3, 0.4) is 0 Å². The molecule has 21 heavy (non-hydrogen) atoms. The first-order valence-electron chi connectivity index (χ1n) is 7.07. The van der Waals surface area contributed by atoms with Crippen LogP contribution in [-0.2, 0) is 0 Å². The lowest BCUT2D eigenvalue weighted by atomic mass is 10.2. The third kappa shape index (κ3) is 2.59. The smallest absolute Gasteiger partial charge is 0.256 e. The minimum absolute atomic E-state index is 0.0467. The van der Waals surface area contributed by atoms with Crippen molar-refractivity contribution in [1.82, 2.24) is 5.32 Å². The molecule has 0 aliphatic carbocycles. The van der Waals surface area contributed by atoms with Crippen LogP contribution in [0.1, 0.15) is 28.6 Å². The summed E-state index contributed by atoms with van der Waals surface area (Å²) in [6.07, 6.45) is 0.922. The van der Waals surface area contributed by atoms with Gasteiger partial charge in [0.1, 0.15) is 5.76 Å². The molecule has 3 rings (SSSR count). The molecular weight excluding hydrogens is 282 g/mol. The predicted molar refractivity (Wildman–Crippen MR) is 86.9 cm³/mol. The van der Waals surface area contributed by atoms with Crippen molar-refractivity contribution in [3.63, 3.8) is 0 Å². The van der Waals surface area contributed by atoms with E-state index in [-0.39, 0.29) is 5.91 Å². The Morgan fingerprint density at radius 3 is 2.76 bits per heavy atom. The molecule has 0 radical (unpaired) electrons. The summed E-state index contributed by atoms with van der Waals surface area (Å²) < 4.78 is 6.98. The summed E-state index contributed by atoms with van der Waals surface area (Å²) in [5.74, 6) is 0.760. The van der Waals surface area contributed by atoms with E-state index >= 15 is 0 Å². The number of amides is 1. The van der Waals surface area contributed by atoms with Gasteiger partial charge in [0.2, 0.25) is 0 Å². The largest absolute Gasteiger partial charge is 0.454 e. The molecule has 4 heteroatoms. The van der Waals surface area contributed by atoms with Gasteiger partial charge in [-0.25, -0.2) is 0 Å². The molecular formula is C17H17NO2S. The molecule has 1 amide bonds. The van der Waals surface area contributed by atoms with Crippen molar-refractivity contribution < 1.29 is 9.21 Å². The summed E-state index contributed by atoms with van der Waals surface area (Å²) in [4.78, 5) is 13.3. The van der Waals surface area contributed by atoms with Crippen molar-refractivity contribution in [2.45, 2.75) is 20.3 Å². The van der Waals surface area contributed by atoms with Crippen LogP contribution in [0.15, 0.2) is 40.8 Å². The minimum Gasteiger partial charge on any atom is -0.454 e. The molecule has 1 aromatic carbocycles. The molecule has 3 nitrogen and oxygen atoms in total. The summed E-state index contributed by atoms with van der Waals surface area (Å²) in [7, 11) is 0. The summed E-state index contributed by atoms with van der Waals surface area (Å²) in [5, 5.41) is 2.92. The molecule has 3 aromatic rings. The van der Waals surface area contributed by atoms with Gasteiger partial charge in [-0.3, -0.25) is 4.79 Å². The van der Waals surface area contributed by atoms with Gasteiger partial charge in [-0.05, 0) is 13.3 Å². The molecule has 0 aliphatic heterocycles. The summed E-state index contributed by atoms with van der Waals surface area (Å²) in [6, 6.07) is 12.0. The quantitative estimate of drug-likeness (QED) is 0.764. The number of hydrogen-bond donors (Lipinski definition) is 1. The molecule has 0 atom stereocenters. The van der Waals surface area contributed by atoms with E-state index < -0.39 is 0 Å². The molecule has 0 saturated heterocycles. The Kier molecular flexibility index (Phi) is 3.80. The summed E-state index contributed by atoms with van der Waals surface area (Å²) in [6.45, 7) is 4.68. The van der Waals surface area contributed by atoms with E-state index in [4.69, 9.17) is 4.42 Å². The fraction of sp³-hybridized carbons (Fsp3) is 0.235. The number of fused-ring (bicyclic) bond motifs is 1. The van der Waals surface area contributed by atoms with Gasteiger partial charge in [-0.15, -0.1) is 11.3 Å². The van der Waals surface area contributed by atoms with Crippen molar-refractivity contribution >= 4 is 27.5 Å². The number of carbonyl (C=O) groups excluding carboxylic acids is 1. The minimum atomic E-state index is -0.0467. The van der Waals surface area contributed by atoms with Gasteiger partial charge >= 0.3 is 0 Å². The summed E-state index contributed by atoms with van der Waals surface area (Å²) >= 11 is 1.60. The number of thiophene rings is 1. The highest BCUT2D eigenvalue weighted by atomic mass is 32.1. The molecule has 0 unspecified atom stereocenters. The van der Waals surface area contributed by atoms with E-state index in [1.54, 1.807) is 11.3 Å². The molecule has 108 valence electrons. The lowest BCUT2D eigenvalue weighted by Crippen LogP contribution is -2.24. The van der Waals surface area contributed by atoms with Crippen LogP contribution >= 0.6 is 11.3 Å². The van der Waals surface area contributed by atoms with Crippen LogP contribution in [0.25, 0.3) is 21.6 Å². The average molecular weight is 299 g/mol. The van der Waals surface area contributed by atoms with Crippen LogP contribution < -0.4 is 5.32 Å². The topological polar surface area (TPSA) is 42.2 Å². The molecule has 2 aromatic heterocycles. The first-order valence-corrected chi connectivity index (χ1v) is 7.89. The third-order valence-electron chi connectivity index (χ3n) is 3.36. The zero-order valence-electron chi connectivity index (χ0n) is 12.1. The molecule has 0 bridgehead atoms. The van der Waals surface area contributed by atoms with E-state index in [1.165, 1.54) is 0 Å². The van der Waals surface area contributed by atoms with Gasteiger partial charge in [-0.2, -0.15) is 0 Å². The van der Waals surface area contributed by atoms with Gasteiger partial charge in [0.05, 0.1) is 10.3 Å². The monoisotopic (exact) mass is 299 g/mol. The lowest BCUT2D eigenvalue weighted by molar-refractivity contribution is 0.0954. The molecule has 0 aliphatic rings. The molecule has 0 spiro atoms. The molecule has 0 fully saturated rings. The van der Waals surface area contributed by atoms with Gasteiger partial charge in [0.15, 0.2) is 5.58 Å². The van der Waals surface area contributed by atoms with E-state index in [0.29, 0.717) is 17.7 Å². The Morgan fingerprint density at radius 2 is 2.05 bits per heavy atom. The van der Waals surface area contributed by atoms with Crippen molar-refractivity contribution in [3.8, 4) is 11.3 Å². The average Bonchev–Trinajstić information content (AvgIpc) is 3.02. The Balaban J connectivity index is 2.03. The number of hydrogen-bond acceptors (Lipinski definition) is 3. The van der Waals surface area contributed by atoms with E-state index in [1.807, 2.05) is 50.2 Å². The van der Waals surface area contributed by atoms with Crippen LogP contribution in [0.4, 0.5) is 0 Å². The zero-order valence-corrected chi connectivity index (χ0v) is 12.9. The highest BCUT2D eigenvalue weighted by Crippen LogP contribution is 2.36. The van der Waals surface area contributed by atoms with Gasteiger partial charge < -0.3 is 9.73 Å². The van der Waals surface area contributed by atoms with Crippen molar-refractivity contribution in [1.29, 1.82) is 0 Å². The van der Waals surface area contributed by atoms with Crippen LogP contribution in [0.5, 0.6) is 0 Å². The number of benzene rings is 1. The fourth-order valence-corrected chi connectivity index (χ4v) is 3.35. The van der Waals surface area contributed by atoms with E-state index in [0.717, 1.165) is 27.3 Å². The molecule has 1 N–H and O–H groups in total. The Hall–Kier alpha value is -2.07. The standard InChI is InChI=1S/C17H17NO2S/c1-3-9-18-17(19)15-11(2)21-14-10-13(20-16(14)15)12-7-5-4-6-8-12/h4-8,10H,3,9H2,1-2H3,(H,18,19). The zero-order chi connectivity index (χ0) is 14.8.